The first kappa shape index (κ1) is 14.0. The first-order valence-corrected chi connectivity index (χ1v) is 7.12. The highest BCUT2D eigenvalue weighted by atomic mass is 16.2. The first-order valence-electron chi connectivity index (χ1n) is 7.12. The van der Waals surface area contributed by atoms with Crippen molar-refractivity contribution in [2.24, 2.45) is 11.7 Å². The molecular formula is C15H23N3O. The van der Waals surface area contributed by atoms with E-state index in [-0.39, 0.29) is 11.9 Å². The molecule has 2 atom stereocenters. The topological polar surface area (TPSA) is 59.2 Å². The maximum Gasteiger partial charge on any atom is 0.223 e. The Hall–Kier alpha value is -1.42. The average Bonchev–Trinajstić information content (AvgIpc) is 2.94. The van der Waals surface area contributed by atoms with E-state index in [0.29, 0.717) is 18.9 Å². The van der Waals surface area contributed by atoms with Gasteiger partial charge in [-0.1, -0.05) is 13.0 Å². The van der Waals surface area contributed by atoms with Crippen molar-refractivity contribution in [1.82, 2.24) is 9.88 Å². The molecule has 4 nitrogen and oxygen atoms in total. The molecule has 1 saturated heterocycles. The molecule has 1 aromatic rings. The molecule has 2 rings (SSSR count). The van der Waals surface area contributed by atoms with E-state index in [2.05, 4.69) is 18.0 Å². The Balaban J connectivity index is 1.97. The predicted octanol–water partition coefficient (Wildman–Crippen LogP) is 2.12. The second-order valence-electron chi connectivity index (χ2n) is 5.41. The van der Waals surface area contributed by atoms with E-state index in [9.17, 15) is 4.79 Å². The molecule has 1 aromatic heterocycles. The van der Waals surface area contributed by atoms with Crippen molar-refractivity contribution in [3.8, 4) is 0 Å². The number of amides is 1. The van der Waals surface area contributed by atoms with Gasteiger partial charge < -0.3 is 10.6 Å². The normalized spacial score (nSPS) is 20.5. The Morgan fingerprint density at radius 1 is 1.63 bits per heavy atom. The van der Waals surface area contributed by atoms with Crippen LogP contribution in [-0.4, -0.2) is 28.9 Å². The molecule has 2 heterocycles. The lowest BCUT2D eigenvalue weighted by molar-refractivity contribution is -0.132. The van der Waals surface area contributed by atoms with Crippen LogP contribution >= 0.6 is 0 Å². The first-order chi connectivity index (χ1) is 9.22. The highest BCUT2D eigenvalue weighted by molar-refractivity contribution is 5.77. The fourth-order valence-corrected chi connectivity index (χ4v) is 2.62. The summed E-state index contributed by atoms with van der Waals surface area (Å²) in [6.07, 6.45) is 7.26. The minimum absolute atomic E-state index is 0.217. The molecule has 0 saturated carbocycles. The molecule has 1 aliphatic heterocycles. The maximum absolute atomic E-state index is 12.3. The standard InChI is InChI=1S/C15H23N3O/c1-12(10-16)6-7-15(19)18-9-3-5-14(18)13-4-2-8-17-11-13/h2,4,8,11-12,14H,3,5-7,9-10,16H2,1H3. The fourth-order valence-electron chi connectivity index (χ4n) is 2.62. The van der Waals surface area contributed by atoms with Gasteiger partial charge in [-0.25, -0.2) is 0 Å². The minimum atomic E-state index is 0.217. The lowest BCUT2D eigenvalue weighted by atomic mass is 10.0. The highest BCUT2D eigenvalue weighted by Crippen LogP contribution is 2.32. The zero-order valence-corrected chi connectivity index (χ0v) is 11.6. The van der Waals surface area contributed by atoms with Crippen molar-refractivity contribution >= 4 is 5.91 Å². The van der Waals surface area contributed by atoms with Crippen molar-refractivity contribution < 1.29 is 4.79 Å². The number of aromatic nitrogens is 1. The summed E-state index contributed by atoms with van der Waals surface area (Å²) in [6, 6.07) is 4.22. The van der Waals surface area contributed by atoms with Gasteiger partial charge in [0.25, 0.3) is 0 Å². The molecule has 1 amide bonds. The van der Waals surface area contributed by atoms with Gasteiger partial charge in [0.15, 0.2) is 0 Å². The molecular weight excluding hydrogens is 238 g/mol. The van der Waals surface area contributed by atoms with E-state index in [1.54, 1.807) is 6.20 Å². The number of carbonyl (C=O) groups is 1. The summed E-state index contributed by atoms with van der Waals surface area (Å²) in [5.74, 6) is 0.676. The summed E-state index contributed by atoms with van der Waals surface area (Å²) in [5, 5.41) is 0. The van der Waals surface area contributed by atoms with Crippen LogP contribution in [0, 0.1) is 5.92 Å². The number of nitrogens with zero attached hydrogens (tertiary/aromatic N) is 2. The van der Waals surface area contributed by atoms with E-state index in [4.69, 9.17) is 5.73 Å². The molecule has 0 aliphatic carbocycles. The van der Waals surface area contributed by atoms with Crippen molar-refractivity contribution in [1.29, 1.82) is 0 Å². The summed E-state index contributed by atoms with van der Waals surface area (Å²) in [5.41, 5.74) is 6.75. The predicted molar refractivity (Wildman–Crippen MR) is 75.4 cm³/mol. The summed E-state index contributed by atoms with van der Waals surface area (Å²) in [4.78, 5) is 18.5. The van der Waals surface area contributed by atoms with Crippen LogP contribution in [0.5, 0.6) is 0 Å². The Kier molecular flexibility index (Phi) is 4.91. The number of likely N-dealkylation sites (tertiary alicyclic amines) is 1. The molecule has 1 fully saturated rings. The molecule has 1 aliphatic rings. The summed E-state index contributed by atoms with van der Waals surface area (Å²) in [6.45, 7) is 3.62. The van der Waals surface area contributed by atoms with Gasteiger partial charge in [-0.05, 0) is 43.4 Å². The third kappa shape index (κ3) is 3.53. The summed E-state index contributed by atoms with van der Waals surface area (Å²) < 4.78 is 0. The third-order valence-electron chi connectivity index (χ3n) is 3.90. The van der Waals surface area contributed by atoms with Gasteiger partial charge >= 0.3 is 0 Å². The van der Waals surface area contributed by atoms with E-state index in [1.165, 1.54) is 0 Å². The van der Waals surface area contributed by atoms with E-state index in [1.807, 2.05) is 17.2 Å². The van der Waals surface area contributed by atoms with Crippen molar-refractivity contribution in [3.05, 3.63) is 30.1 Å². The SMILES string of the molecule is CC(CN)CCC(=O)N1CCCC1c1cccnc1. The Bertz CT molecular complexity index is 407. The summed E-state index contributed by atoms with van der Waals surface area (Å²) in [7, 11) is 0. The lowest BCUT2D eigenvalue weighted by Crippen LogP contribution is -2.31. The molecule has 0 bridgehead atoms. The Morgan fingerprint density at radius 2 is 2.47 bits per heavy atom. The van der Waals surface area contributed by atoms with Crippen LogP contribution in [0.4, 0.5) is 0 Å². The molecule has 2 N–H and O–H groups in total. The van der Waals surface area contributed by atoms with Gasteiger partial charge in [0.2, 0.25) is 5.91 Å². The maximum atomic E-state index is 12.3. The van der Waals surface area contributed by atoms with Gasteiger partial charge in [-0.2, -0.15) is 0 Å². The van der Waals surface area contributed by atoms with Gasteiger partial charge in [0.1, 0.15) is 0 Å². The summed E-state index contributed by atoms with van der Waals surface area (Å²) >= 11 is 0. The molecule has 19 heavy (non-hydrogen) atoms. The van der Waals surface area contributed by atoms with Crippen molar-refractivity contribution in [2.75, 3.05) is 13.1 Å². The number of pyridine rings is 1. The van der Waals surface area contributed by atoms with Crippen LogP contribution in [0.15, 0.2) is 24.5 Å². The quantitative estimate of drug-likeness (QED) is 0.883. The van der Waals surface area contributed by atoms with Crippen LogP contribution in [0.2, 0.25) is 0 Å². The molecule has 0 radical (unpaired) electrons. The molecule has 104 valence electrons. The zero-order valence-electron chi connectivity index (χ0n) is 11.6. The van der Waals surface area contributed by atoms with Crippen molar-refractivity contribution in [3.63, 3.8) is 0 Å². The molecule has 4 heteroatoms. The van der Waals surface area contributed by atoms with Gasteiger partial charge in [0, 0.05) is 25.4 Å². The number of hydrogen-bond acceptors (Lipinski definition) is 3. The van der Waals surface area contributed by atoms with Crippen LogP contribution < -0.4 is 5.73 Å². The third-order valence-corrected chi connectivity index (χ3v) is 3.90. The zero-order chi connectivity index (χ0) is 13.7. The lowest BCUT2D eigenvalue weighted by Gasteiger charge is -2.25. The van der Waals surface area contributed by atoms with E-state index < -0.39 is 0 Å². The van der Waals surface area contributed by atoms with Crippen LogP contribution in [0.1, 0.15) is 44.2 Å². The number of rotatable bonds is 5. The number of nitrogens with two attached hydrogens (primary N) is 1. The van der Waals surface area contributed by atoms with Gasteiger partial charge in [0.05, 0.1) is 6.04 Å². The number of carbonyl (C=O) groups excluding carboxylic acids is 1. The Labute approximate surface area is 115 Å². The van der Waals surface area contributed by atoms with E-state index >= 15 is 0 Å². The van der Waals surface area contributed by atoms with Crippen LogP contribution in [0.25, 0.3) is 0 Å². The average molecular weight is 261 g/mol. The minimum Gasteiger partial charge on any atom is -0.336 e. The van der Waals surface area contributed by atoms with Gasteiger partial charge in [-0.3, -0.25) is 9.78 Å². The highest BCUT2D eigenvalue weighted by Gasteiger charge is 2.29. The van der Waals surface area contributed by atoms with Crippen LogP contribution in [0.3, 0.4) is 0 Å². The fraction of sp³-hybridized carbons (Fsp3) is 0.600. The smallest absolute Gasteiger partial charge is 0.223 e. The second kappa shape index (κ2) is 6.66. The van der Waals surface area contributed by atoms with Crippen LogP contribution in [-0.2, 0) is 4.79 Å². The Morgan fingerprint density at radius 3 is 3.16 bits per heavy atom. The van der Waals surface area contributed by atoms with E-state index in [0.717, 1.165) is 31.4 Å². The number of hydrogen-bond donors (Lipinski definition) is 1. The van der Waals surface area contributed by atoms with Crippen molar-refractivity contribution in [2.45, 2.75) is 38.6 Å². The largest absolute Gasteiger partial charge is 0.336 e. The molecule has 0 aromatic carbocycles. The van der Waals surface area contributed by atoms with Gasteiger partial charge in [-0.15, -0.1) is 0 Å². The monoisotopic (exact) mass is 261 g/mol. The molecule has 0 spiro atoms. The second-order valence-corrected chi connectivity index (χ2v) is 5.41. The molecule has 2 unspecified atom stereocenters.